The average molecular weight is 186 g/mol. The van der Waals surface area contributed by atoms with Gasteiger partial charge in [-0.05, 0) is 52.9 Å². The zero-order chi connectivity index (χ0) is 10.3. The van der Waals surface area contributed by atoms with Crippen LogP contribution in [0.3, 0.4) is 0 Å². The van der Waals surface area contributed by atoms with Gasteiger partial charge in [0.2, 0.25) is 0 Å². The third-order valence-corrected chi connectivity index (χ3v) is 2.50. The van der Waals surface area contributed by atoms with E-state index in [1.807, 2.05) is 7.05 Å². The van der Waals surface area contributed by atoms with Crippen LogP contribution >= 0.6 is 0 Å². The highest BCUT2D eigenvalue weighted by Crippen LogP contribution is 2.09. The second-order valence-corrected chi connectivity index (χ2v) is 4.42. The van der Waals surface area contributed by atoms with Crippen molar-refractivity contribution in [1.82, 2.24) is 10.2 Å². The first-order valence-corrected chi connectivity index (χ1v) is 5.42. The first-order chi connectivity index (χ1) is 6.07. The quantitative estimate of drug-likeness (QED) is 0.612. The standard InChI is InChI=1S/C11H26N2/c1-10(2)9-11(3)13(5)8-6-7-12-4/h10-12H,6-9H2,1-5H3. The maximum absolute atomic E-state index is 3.18. The van der Waals surface area contributed by atoms with Crippen LogP contribution in [0.15, 0.2) is 0 Å². The zero-order valence-electron chi connectivity index (χ0n) is 9.93. The van der Waals surface area contributed by atoms with Crippen LogP contribution in [0.5, 0.6) is 0 Å². The van der Waals surface area contributed by atoms with Crippen LogP contribution < -0.4 is 5.32 Å². The summed E-state index contributed by atoms with van der Waals surface area (Å²) < 4.78 is 0. The van der Waals surface area contributed by atoms with Crippen LogP contribution in [0.4, 0.5) is 0 Å². The normalized spacial score (nSPS) is 14.1. The van der Waals surface area contributed by atoms with Crippen molar-refractivity contribution in [2.45, 2.75) is 39.7 Å². The van der Waals surface area contributed by atoms with Crippen molar-refractivity contribution in [2.75, 3.05) is 27.2 Å². The van der Waals surface area contributed by atoms with Gasteiger partial charge in [0, 0.05) is 6.04 Å². The van der Waals surface area contributed by atoms with Gasteiger partial charge in [0.05, 0.1) is 0 Å². The average Bonchev–Trinajstić information content (AvgIpc) is 2.03. The van der Waals surface area contributed by atoms with Gasteiger partial charge >= 0.3 is 0 Å². The van der Waals surface area contributed by atoms with E-state index in [1.54, 1.807) is 0 Å². The summed E-state index contributed by atoms with van der Waals surface area (Å²) in [5.74, 6) is 0.807. The van der Waals surface area contributed by atoms with E-state index >= 15 is 0 Å². The molecule has 1 atom stereocenters. The van der Waals surface area contributed by atoms with E-state index in [9.17, 15) is 0 Å². The fraction of sp³-hybridized carbons (Fsp3) is 1.00. The summed E-state index contributed by atoms with van der Waals surface area (Å²) in [7, 11) is 4.24. The van der Waals surface area contributed by atoms with Crippen molar-refractivity contribution in [3.8, 4) is 0 Å². The monoisotopic (exact) mass is 186 g/mol. The summed E-state index contributed by atoms with van der Waals surface area (Å²) >= 11 is 0. The fourth-order valence-electron chi connectivity index (χ4n) is 1.59. The van der Waals surface area contributed by atoms with Gasteiger partial charge in [-0.25, -0.2) is 0 Å². The molecule has 1 N–H and O–H groups in total. The predicted molar refractivity (Wildman–Crippen MR) is 60.1 cm³/mol. The van der Waals surface area contributed by atoms with Crippen molar-refractivity contribution in [1.29, 1.82) is 0 Å². The highest BCUT2D eigenvalue weighted by Gasteiger charge is 2.09. The lowest BCUT2D eigenvalue weighted by Crippen LogP contribution is -2.32. The second-order valence-electron chi connectivity index (χ2n) is 4.42. The lowest BCUT2D eigenvalue weighted by Gasteiger charge is -2.25. The Balaban J connectivity index is 3.50. The Hall–Kier alpha value is -0.0800. The van der Waals surface area contributed by atoms with Crippen LogP contribution in [-0.2, 0) is 0 Å². The summed E-state index contributed by atoms with van der Waals surface area (Å²) in [6, 6.07) is 0.719. The molecule has 0 saturated carbocycles. The highest BCUT2D eigenvalue weighted by molar-refractivity contribution is 4.65. The maximum Gasteiger partial charge on any atom is 0.00663 e. The molecule has 2 heteroatoms. The molecule has 80 valence electrons. The van der Waals surface area contributed by atoms with Gasteiger partial charge < -0.3 is 10.2 Å². The van der Waals surface area contributed by atoms with E-state index in [-0.39, 0.29) is 0 Å². The Bertz CT molecular complexity index is 113. The van der Waals surface area contributed by atoms with Crippen molar-refractivity contribution < 1.29 is 0 Å². The van der Waals surface area contributed by atoms with E-state index in [0.29, 0.717) is 0 Å². The first-order valence-electron chi connectivity index (χ1n) is 5.42. The molecule has 0 aliphatic carbocycles. The SMILES string of the molecule is CNCCCN(C)C(C)CC(C)C. The predicted octanol–water partition coefficient (Wildman–Crippen LogP) is 1.96. The summed E-state index contributed by atoms with van der Waals surface area (Å²) in [5.41, 5.74) is 0. The molecule has 0 heterocycles. The summed E-state index contributed by atoms with van der Waals surface area (Å²) in [6.07, 6.45) is 2.55. The Morgan fingerprint density at radius 3 is 2.31 bits per heavy atom. The van der Waals surface area contributed by atoms with Crippen molar-refractivity contribution >= 4 is 0 Å². The van der Waals surface area contributed by atoms with Crippen molar-refractivity contribution in [2.24, 2.45) is 5.92 Å². The molecular formula is C11H26N2. The molecule has 0 saturated heterocycles. The fourth-order valence-corrected chi connectivity index (χ4v) is 1.59. The molecule has 0 rings (SSSR count). The van der Waals surface area contributed by atoms with E-state index in [4.69, 9.17) is 0 Å². The Labute approximate surface area is 83.7 Å². The minimum Gasteiger partial charge on any atom is -0.320 e. The van der Waals surface area contributed by atoms with Crippen LogP contribution in [0, 0.1) is 5.92 Å². The minimum absolute atomic E-state index is 0.719. The van der Waals surface area contributed by atoms with Crippen LogP contribution in [0.25, 0.3) is 0 Å². The lowest BCUT2D eigenvalue weighted by atomic mass is 10.0. The molecule has 0 fully saturated rings. The van der Waals surface area contributed by atoms with Gasteiger partial charge in [-0.2, -0.15) is 0 Å². The lowest BCUT2D eigenvalue weighted by molar-refractivity contribution is 0.226. The Morgan fingerprint density at radius 1 is 1.23 bits per heavy atom. The summed E-state index contributed by atoms with van der Waals surface area (Å²) in [6.45, 7) is 9.22. The molecule has 0 aromatic heterocycles. The van der Waals surface area contributed by atoms with Crippen molar-refractivity contribution in [3.63, 3.8) is 0 Å². The van der Waals surface area contributed by atoms with Crippen LogP contribution in [-0.4, -0.2) is 38.1 Å². The molecule has 0 aliphatic heterocycles. The first kappa shape index (κ1) is 12.9. The molecule has 0 bridgehead atoms. The maximum atomic E-state index is 3.18. The third-order valence-electron chi connectivity index (χ3n) is 2.50. The molecular weight excluding hydrogens is 160 g/mol. The van der Waals surface area contributed by atoms with Crippen molar-refractivity contribution in [3.05, 3.63) is 0 Å². The zero-order valence-corrected chi connectivity index (χ0v) is 9.93. The number of nitrogens with one attached hydrogen (secondary N) is 1. The Morgan fingerprint density at radius 2 is 1.85 bits per heavy atom. The van der Waals surface area contributed by atoms with E-state index in [2.05, 4.69) is 38.0 Å². The molecule has 0 spiro atoms. The van der Waals surface area contributed by atoms with E-state index in [1.165, 1.54) is 19.4 Å². The second kappa shape index (κ2) is 7.34. The third kappa shape index (κ3) is 7.03. The number of rotatable bonds is 7. The van der Waals surface area contributed by atoms with Gasteiger partial charge in [0.25, 0.3) is 0 Å². The van der Waals surface area contributed by atoms with Crippen LogP contribution in [0.2, 0.25) is 0 Å². The summed E-state index contributed by atoms with van der Waals surface area (Å²) in [5, 5.41) is 3.18. The van der Waals surface area contributed by atoms with E-state index in [0.717, 1.165) is 18.5 Å². The topological polar surface area (TPSA) is 15.3 Å². The van der Waals surface area contributed by atoms with E-state index < -0.39 is 0 Å². The van der Waals surface area contributed by atoms with Gasteiger partial charge in [-0.1, -0.05) is 13.8 Å². The van der Waals surface area contributed by atoms with Crippen LogP contribution in [0.1, 0.15) is 33.6 Å². The smallest absolute Gasteiger partial charge is 0.00663 e. The molecule has 0 amide bonds. The highest BCUT2D eigenvalue weighted by atomic mass is 15.1. The minimum atomic E-state index is 0.719. The molecule has 0 radical (unpaired) electrons. The van der Waals surface area contributed by atoms with Gasteiger partial charge in [-0.15, -0.1) is 0 Å². The summed E-state index contributed by atoms with van der Waals surface area (Å²) in [4.78, 5) is 2.46. The number of hydrogen-bond acceptors (Lipinski definition) is 2. The number of hydrogen-bond donors (Lipinski definition) is 1. The molecule has 13 heavy (non-hydrogen) atoms. The molecule has 1 unspecified atom stereocenters. The van der Waals surface area contributed by atoms with Gasteiger partial charge in [0.15, 0.2) is 0 Å². The van der Waals surface area contributed by atoms with Gasteiger partial charge in [-0.3, -0.25) is 0 Å². The molecule has 0 aliphatic rings. The molecule has 0 aromatic rings. The Kier molecular flexibility index (Phi) is 7.29. The largest absolute Gasteiger partial charge is 0.320 e. The van der Waals surface area contributed by atoms with Gasteiger partial charge in [0.1, 0.15) is 0 Å². The molecule has 0 aromatic carbocycles. The molecule has 2 nitrogen and oxygen atoms in total. The number of nitrogens with zero attached hydrogens (tertiary/aromatic N) is 1.